The van der Waals surface area contributed by atoms with Crippen molar-refractivity contribution in [2.24, 2.45) is 5.73 Å². The van der Waals surface area contributed by atoms with Crippen LogP contribution in [0.2, 0.25) is 5.02 Å². The maximum atomic E-state index is 12.2. The molecule has 0 saturated heterocycles. The van der Waals surface area contributed by atoms with E-state index in [9.17, 15) is 14.4 Å². The fourth-order valence-electron chi connectivity index (χ4n) is 1.95. The fourth-order valence-corrected chi connectivity index (χ4v) is 2.07. The van der Waals surface area contributed by atoms with Crippen molar-refractivity contribution < 1.29 is 23.9 Å². The van der Waals surface area contributed by atoms with Crippen molar-refractivity contribution in [3.05, 3.63) is 64.7 Å². The summed E-state index contributed by atoms with van der Waals surface area (Å²) in [5.74, 6) is -1.71. The Morgan fingerprint density at radius 3 is 2.42 bits per heavy atom. The van der Waals surface area contributed by atoms with Gasteiger partial charge >= 0.3 is 5.97 Å². The molecule has 0 aliphatic rings. The first-order valence-corrected chi connectivity index (χ1v) is 8.02. The largest absolute Gasteiger partial charge is 0.488 e. The highest BCUT2D eigenvalue weighted by molar-refractivity contribution is 6.30. The van der Waals surface area contributed by atoms with Crippen molar-refractivity contribution in [2.75, 3.05) is 13.2 Å². The topological polar surface area (TPSA) is 108 Å². The summed E-state index contributed by atoms with van der Waals surface area (Å²) in [5.41, 5.74) is 5.97. The number of nitrogens with two attached hydrogens (primary N) is 1. The molecule has 0 spiro atoms. The Morgan fingerprint density at radius 1 is 1.04 bits per heavy atom. The van der Waals surface area contributed by atoms with Crippen LogP contribution in [0.4, 0.5) is 0 Å². The molecule has 26 heavy (non-hydrogen) atoms. The van der Waals surface area contributed by atoms with Crippen molar-refractivity contribution in [3.63, 3.8) is 0 Å². The van der Waals surface area contributed by atoms with Crippen molar-refractivity contribution in [2.45, 2.75) is 6.61 Å². The van der Waals surface area contributed by atoms with Crippen LogP contribution in [0, 0.1) is 0 Å². The summed E-state index contributed by atoms with van der Waals surface area (Å²) < 4.78 is 10.6. The first-order chi connectivity index (χ1) is 12.5. The first kappa shape index (κ1) is 19.3. The van der Waals surface area contributed by atoms with Gasteiger partial charge in [0, 0.05) is 5.02 Å². The molecule has 2 aromatic rings. The van der Waals surface area contributed by atoms with Crippen molar-refractivity contribution in [1.82, 2.24) is 5.32 Å². The third kappa shape index (κ3) is 6.10. The smallest absolute Gasteiger partial charge is 0.342 e. The summed E-state index contributed by atoms with van der Waals surface area (Å²) in [4.78, 5) is 34.2. The summed E-state index contributed by atoms with van der Waals surface area (Å²) in [6.45, 7) is -0.616. The van der Waals surface area contributed by atoms with Crippen molar-refractivity contribution >= 4 is 29.4 Å². The van der Waals surface area contributed by atoms with E-state index in [-0.39, 0.29) is 18.7 Å². The van der Waals surface area contributed by atoms with Gasteiger partial charge in [-0.05, 0) is 29.8 Å². The van der Waals surface area contributed by atoms with Crippen molar-refractivity contribution in [3.8, 4) is 5.75 Å². The quantitative estimate of drug-likeness (QED) is 0.681. The summed E-state index contributed by atoms with van der Waals surface area (Å²) in [7, 11) is 0. The zero-order valence-corrected chi connectivity index (χ0v) is 14.5. The molecular formula is C18H17ClN2O5. The SMILES string of the molecule is NC(=O)CNC(=O)COC(=O)c1ccccc1OCc1ccc(Cl)cc1. The number of halogens is 1. The van der Waals surface area contributed by atoms with Gasteiger partial charge in [0.05, 0.1) is 6.54 Å². The highest BCUT2D eigenvalue weighted by atomic mass is 35.5. The Bertz CT molecular complexity index is 792. The van der Waals surface area contributed by atoms with Crippen molar-refractivity contribution in [1.29, 1.82) is 0 Å². The van der Waals surface area contributed by atoms with E-state index in [1.54, 1.807) is 30.3 Å². The Hall–Kier alpha value is -3.06. The van der Waals surface area contributed by atoms with Crippen LogP contribution in [-0.4, -0.2) is 30.9 Å². The van der Waals surface area contributed by atoms with Crippen LogP contribution in [0.5, 0.6) is 5.75 Å². The number of ether oxygens (including phenoxy) is 2. The standard InChI is InChI=1S/C18H17ClN2O5/c19-13-7-5-12(6-8-13)10-25-15-4-2-1-3-14(15)18(24)26-11-17(23)21-9-16(20)22/h1-8H,9-11H2,(H2,20,22)(H,21,23). The molecule has 0 aliphatic carbocycles. The second-order valence-electron chi connectivity index (χ2n) is 5.23. The minimum atomic E-state index is -0.717. The van der Waals surface area contributed by atoms with Gasteiger partial charge in [-0.3, -0.25) is 9.59 Å². The van der Waals surface area contributed by atoms with Gasteiger partial charge in [0.2, 0.25) is 5.91 Å². The van der Waals surface area contributed by atoms with Gasteiger partial charge in [-0.2, -0.15) is 0 Å². The maximum absolute atomic E-state index is 12.2. The number of hydrogen-bond acceptors (Lipinski definition) is 5. The lowest BCUT2D eigenvalue weighted by Gasteiger charge is -2.11. The predicted octanol–water partition coefficient (Wildman–Crippen LogP) is 1.68. The van der Waals surface area contributed by atoms with E-state index in [0.717, 1.165) is 5.56 Å². The number of hydrogen-bond donors (Lipinski definition) is 2. The molecular weight excluding hydrogens is 360 g/mol. The average Bonchev–Trinajstić information content (AvgIpc) is 2.64. The summed E-state index contributed by atoms with van der Waals surface area (Å²) in [6, 6.07) is 13.6. The molecule has 3 N–H and O–H groups in total. The molecule has 7 nitrogen and oxygen atoms in total. The first-order valence-electron chi connectivity index (χ1n) is 7.64. The number of primary amides is 1. The molecule has 0 bridgehead atoms. The molecule has 0 fully saturated rings. The normalized spacial score (nSPS) is 10.0. The van der Waals surface area contributed by atoms with Crippen LogP contribution in [0.3, 0.4) is 0 Å². The van der Waals surface area contributed by atoms with Crippen LogP contribution in [0.15, 0.2) is 48.5 Å². The van der Waals surface area contributed by atoms with E-state index >= 15 is 0 Å². The Balaban J connectivity index is 1.94. The molecule has 0 atom stereocenters. The summed E-state index contributed by atoms with van der Waals surface area (Å²) in [6.07, 6.45) is 0. The second-order valence-corrected chi connectivity index (χ2v) is 5.67. The van der Waals surface area contributed by atoms with Crippen LogP contribution in [0.25, 0.3) is 0 Å². The Morgan fingerprint density at radius 2 is 1.73 bits per heavy atom. The van der Waals surface area contributed by atoms with Gasteiger partial charge in [-0.15, -0.1) is 0 Å². The van der Waals surface area contributed by atoms with E-state index < -0.39 is 24.4 Å². The molecule has 0 aromatic heterocycles. The molecule has 2 rings (SSSR count). The lowest BCUT2D eigenvalue weighted by Crippen LogP contribution is -2.36. The minimum absolute atomic E-state index is 0.184. The number of carbonyl (C=O) groups excluding carboxylic acids is 3. The monoisotopic (exact) mass is 376 g/mol. The molecule has 2 aromatic carbocycles. The second kappa shape index (κ2) is 9.43. The predicted molar refractivity (Wildman–Crippen MR) is 94.7 cm³/mol. The third-order valence-electron chi connectivity index (χ3n) is 3.21. The summed E-state index contributed by atoms with van der Waals surface area (Å²) >= 11 is 5.84. The molecule has 0 unspecified atom stereocenters. The van der Waals surface area contributed by atoms with E-state index in [1.165, 1.54) is 6.07 Å². The van der Waals surface area contributed by atoms with Gasteiger partial charge in [-0.25, -0.2) is 4.79 Å². The molecule has 2 amide bonds. The van der Waals surface area contributed by atoms with Crippen LogP contribution >= 0.6 is 11.6 Å². The summed E-state index contributed by atoms with van der Waals surface area (Å²) in [5, 5.41) is 2.84. The number of nitrogens with one attached hydrogen (secondary N) is 1. The Kier molecular flexibility index (Phi) is 6.99. The average molecular weight is 377 g/mol. The molecule has 0 heterocycles. The fraction of sp³-hybridized carbons (Fsp3) is 0.167. The molecule has 0 radical (unpaired) electrons. The van der Waals surface area contributed by atoms with E-state index in [4.69, 9.17) is 26.8 Å². The number of rotatable bonds is 8. The zero-order chi connectivity index (χ0) is 18.9. The molecule has 0 saturated carbocycles. The van der Waals surface area contributed by atoms with E-state index in [1.807, 2.05) is 12.1 Å². The highest BCUT2D eigenvalue weighted by Gasteiger charge is 2.15. The molecule has 136 valence electrons. The van der Waals surface area contributed by atoms with Gasteiger partial charge in [0.25, 0.3) is 5.91 Å². The number of carbonyl (C=O) groups is 3. The minimum Gasteiger partial charge on any atom is -0.488 e. The molecule has 0 aliphatic heterocycles. The van der Waals surface area contributed by atoms with Gasteiger partial charge in [0.1, 0.15) is 17.9 Å². The Labute approximate surface area is 155 Å². The zero-order valence-electron chi connectivity index (χ0n) is 13.7. The maximum Gasteiger partial charge on any atom is 0.342 e. The lowest BCUT2D eigenvalue weighted by molar-refractivity contribution is -0.127. The van der Waals surface area contributed by atoms with Crippen LogP contribution < -0.4 is 15.8 Å². The van der Waals surface area contributed by atoms with Gasteiger partial charge in [0.15, 0.2) is 6.61 Å². The number of para-hydroxylation sites is 1. The van der Waals surface area contributed by atoms with Gasteiger partial charge < -0.3 is 20.5 Å². The van der Waals surface area contributed by atoms with Crippen LogP contribution in [0.1, 0.15) is 15.9 Å². The van der Waals surface area contributed by atoms with Gasteiger partial charge in [-0.1, -0.05) is 35.9 Å². The number of benzene rings is 2. The lowest BCUT2D eigenvalue weighted by atomic mass is 10.2. The number of amides is 2. The number of esters is 1. The highest BCUT2D eigenvalue weighted by Crippen LogP contribution is 2.21. The molecule has 8 heteroatoms. The third-order valence-corrected chi connectivity index (χ3v) is 3.46. The van der Waals surface area contributed by atoms with E-state index in [0.29, 0.717) is 10.8 Å². The van der Waals surface area contributed by atoms with E-state index in [2.05, 4.69) is 5.32 Å². The van der Waals surface area contributed by atoms with Crippen LogP contribution in [-0.2, 0) is 20.9 Å².